The number of hydrogen-bond donors (Lipinski definition) is 2. The average molecular weight is 626 g/mol. The fraction of sp³-hybridized carbons (Fsp3) is 0.372. The Labute approximate surface area is 279 Å². The summed E-state index contributed by atoms with van der Waals surface area (Å²) < 4.78 is 0. The number of carbonyl (C=O) groups is 1. The fourth-order valence-corrected chi connectivity index (χ4v) is 8.68. The zero-order valence-corrected chi connectivity index (χ0v) is 27.8. The second kappa shape index (κ2) is 13.0. The van der Waals surface area contributed by atoms with Crippen molar-refractivity contribution in [2.24, 2.45) is 5.41 Å². The molecule has 1 fully saturated rings. The molecule has 1 saturated carbocycles. The summed E-state index contributed by atoms with van der Waals surface area (Å²) in [6, 6.07) is 33.1. The molecular weight excluding hydrogens is 578 g/mol. The van der Waals surface area contributed by atoms with Crippen LogP contribution in [0.2, 0.25) is 0 Å². The smallest absolute Gasteiger partial charge is 0.193 e. The van der Waals surface area contributed by atoms with E-state index in [9.17, 15) is 15.0 Å². The van der Waals surface area contributed by atoms with Gasteiger partial charge in [-0.15, -0.1) is 0 Å². The van der Waals surface area contributed by atoms with Crippen molar-refractivity contribution in [2.75, 3.05) is 6.54 Å². The summed E-state index contributed by atoms with van der Waals surface area (Å²) in [6.07, 6.45) is 7.11. The van der Waals surface area contributed by atoms with Gasteiger partial charge in [0.2, 0.25) is 0 Å². The molecule has 4 unspecified atom stereocenters. The van der Waals surface area contributed by atoms with Crippen molar-refractivity contribution in [1.29, 1.82) is 0 Å². The van der Waals surface area contributed by atoms with Crippen molar-refractivity contribution in [3.8, 4) is 11.1 Å². The fourth-order valence-electron chi connectivity index (χ4n) is 8.68. The summed E-state index contributed by atoms with van der Waals surface area (Å²) in [5.41, 5.74) is 8.24. The molecule has 0 saturated heterocycles. The van der Waals surface area contributed by atoms with E-state index in [2.05, 4.69) is 73.4 Å². The Morgan fingerprint density at radius 1 is 0.851 bits per heavy atom. The Kier molecular flexibility index (Phi) is 8.78. The SMILES string of the molecule is CC1=CCCC2(C)C(CCC2(O)CN2Cc3ccccc3C2)c2ccc(cc2C(=O)c2ccc(-c3ccccc3)cc2)CC(O)CC1. The van der Waals surface area contributed by atoms with Gasteiger partial charge in [-0.1, -0.05) is 110 Å². The molecule has 4 nitrogen and oxygen atoms in total. The van der Waals surface area contributed by atoms with Gasteiger partial charge in [0.25, 0.3) is 0 Å². The third-order valence-electron chi connectivity index (χ3n) is 11.6. The van der Waals surface area contributed by atoms with Crippen molar-refractivity contribution < 1.29 is 15.0 Å². The summed E-state index contributed by atoms with van der Waals surface area (Å²) >= 11 is 0. The molecule has 3 aliphatic carbocycles. The van der Waals surface area contributed by atoms with Crippen LogP contribution in [0.25, 0.3) is 11.1 Å². The molecule has 8 rings (SSSR count). The molecule has 4 atom stereocenters. The number of aliphatic hydroxyl groups is 2. The van der Waals surface area contributed by atoms with Crippen LogP contribution in [0.4, 0.5) is 0 Å². The van der Waals surface area contributed by atoms with E-state index >= 15 is 0 Å². The molecule has 2 bridgehead atoms. The van der Waals surface area contributed by atoms with Crippen LogP contribution in [0.15, 0.2) is 109 Å². The highest BCUT2D eigenvalue weighted by atomic mass is 16.3. The number of β-amino-alcohol motifs (C(OH)–C–C–N with tert-alkyl or cyclic N) is 1. The van der Waals surface area contributed by atoms with E-state index in [4.69, 9.17) is 0 Å². The van der Waals surface area contributed by atoms with Gasteiger partial charge in [-0.3, -0.25) is 9.69 Å². The first-order chi connectivity index (χ1) is 22.7. The molecule has 47 heavy (non-hydrogen) atoms. The number of carbonyl (C=O) groups excluding carboxylic acids is 1. The zero-order chi connectivity index (χ0) is 32.6. The van der Waals surface area contributed by atoms with Crippen LogP contribution in [-0.4, -0.2) is 39.1 Å². The molecule has 0 radical (unpaired) electrons. The molecule has 4 aromatic carbocycles. The molecule has 4 aliphatic rings. The van der Waals surface area contributed by atoms with Crippen LogP contribution in [-0.2, 0) is 19.5 Å². The number of nitrogens with zero attached hydrogens (tertiary/aromatic N) is 1. The number of ketones is 1. The highest BCUT2D eigenvalue weighted by Gasteiger charge is 2.57. The number of allylic oxidation sites excluding steroid dienone is 2. The summed E-state index contributed by atoms with van der Waals surface area (Å²) in [4.78, 5) is 16.9. The largest absolute Gasteiger partial charge is 0.393 e. The number of fused-ring (bicyclic) bond motifs is 9. The van der Waals surface area contributed by atoms with Crippen molar-refractivity contribution in [3.63, 3.8) is 0 Å². The van der Waals surface area contributed by atoms with Crippen molar-refractivity contribution in [2.45, 2.75) is 89.5 Å². The molecule has 4 heteroatoms. The van der Waals surface area contributed by atoms with Crippen molar-refractivity contribution >= 4 is 5.78 Å². The van der Waals surface area contributed by atoms with Gasteiger partial charge in [-0.05, 0) is 97.2 Å². The molecule has 0 aromatic heterocycles. The highest BCUT2D eigenvalue weighted by Crippen LogP contribution is 2.59. The van der Waals surface area contributed by atoms with Crippen LogP contribution in [0.3, 0.4) is 0 Å². The van der Waals surface area contributed by atoms with E-state index in [0.717, 1.165) is 61.0 Å². The molecule has 0 spiro atoms. The second-order valence-corrected chi connectivity index (χ2v) is 14.6. The first-order valence-corrected chi connectivity index (χ1v) is 17.4. The minimum Gasteiger partial charge on any atom is -0.393 e. The van der Waals surface area contributed by atoms with Crippen molar-refractivity contribution in [3.05, 3.63) is 142 Å². The molecule has 1 heterocycles. The quantitative estimate of drug-likeness (QED) is 0.172. The Morgan fingerprint density at radius 2 is 1.53 bits per heavy atom. The summed E-state index contributed by atoms with van der Waals surface area (Å²) in [5.74, 6) is 0.0298. The van der Waals surface area contributed by atoms with Crippen LogP contribution in [0.1, 0.15) is 96.5 Å². The van der Waals surface area contributed by atoms with Gasteiger partial charge < -0.3 is 10.2 Å². The molecule has 242 valence electrons. The summed E-state index contributed by atoms with van der Waals surface area (Å²) in [6.45, 7) is 6.78. The third-order valence-corrected chi connectivity index (χ3v) is 11.6. The van der Waals surface area contributed by atoms with E-state index < -0.39 is 17.1 Å². The summed E-state index contributed by atoms with van der Waals surface area (Å²) in [7, 11) is 0. The van der Waals surface area contributed by atoms with E-state index in [1.54, 1.807) is 0 Å². The number of hydrogen-bond acceptors (Lipinski definition) is 4. The number of benzene rings is 4. The zero-order valence-electron chi connectivity index (χ0n) is 27.8. The molecule has 2 N–H and O–H groups in total. The maximum absolute atomic E-state index is 14.5. The molecule has 4 aromatic rings. The van der Waals surface area contributed by atoms with Gasteiger partial charge in [0.15, 0.2) is 5.78 Å². The number of aliphatic hydroxyl groups excluding tert-OH is 1. The minimum atomic E-state index is -0.898. The van der Waals surface area contributed by atoms with Gasteiger partial charge in [0.1, 0.15) is 0 Å². The van der Waals surface area contributed by atoms with Crippen LogP contribution in [0.5, 0.6) is 0 Å². The minimum absolute atomic E-state index is 0.00608. The highest BCUT2D eigenvalue weighted by molar-refractivity contribution is 6.10. The van der Waals surface area contributed by atoms with Gasteiger partial charge in [-0.25, -0.2) is 0 Å². The van der Waals surface area contributed by atoms with Gasteiger partial charge in [-0.2, -0.15) is 0 Å². The van der Waals surface area contributed by atoms with E-state index in [0.29, 0.717) is 36.9 Å². The maximum atomic E-state index is 14.5. The van der Waals surface area contributed by atoms with Gasteiger partial charge >= 0.3 is 0 Å². The molecular formula is C43H47NO3. The topological polar surface area (TPSA) is 60.8 Å². The van der Waals surface area contributed by atoms with E-state index in [-0.39, 0.29) is 11.7 Å². The average Bonchev–Trinajstić information content (AvgIpc) is 3.60. The van der Waals surface area contributed by atoms with Crippen LogP contribution in [0, 0.1) is 5.41 Å². The lowest BCUT2D eigenvalue weighted by Gasteiger charge is -2.45. The van der Waals surface area contributed by atoms with Gasteiger partial charge in [0, 0.05) is 36.2 Å². The first-order valence-electron chi connectivity index (χ1n) is 17.4. The second-order valence-electron chi connectivity index (χ2n) is 14.6. The first kappa shape index (κ1) is 31.8. The predicted molar refractivity (Wildman–Crippen MR) is 189 cm³/mol. The van der Waals surface area contributed by atoms with Crippen LogP contribution < -0.4 is 0 Å². The Hall–Kier alpha value is -3.83. The maximum Gasteiger partial charge on any atom is 0.193 e. The van der Waals surface area contributed by atoms with Gasteiger partial charge in [0.05, 0.1) is 11.7 Å². The van der Waals surface area contributed by atoms with E-state index in [1.807, 2.05) is 48.5 Å². The van der Waals surface area contributed by atoms with Crippen LogP contribution >= 0.6 is 0 Å². The normalized spacial score (nSPS) is 26.3. The Morgan fingerprint density at radius 3 is 2.26 bits per heavy atom. The lowest BCUT2D eigenvalue weighted by Crippen LogP contribution is -2.51. The van der Waals surface area contributed by atoms with E-state index in [1.165, 1.54) is 16.7 Å². The summed E-state index contributed by atoms with van der Waals surface area (Å²) in [5, 5.41) is 23.7. The van der Waals surface area contributed by atoms with Crippen molar-refractivity contribution in [1.82, 2.24) is 4.90 Å². The molecule has 0 amide bonds. The number of rotatable bonds is 5. The standard InChI is InChI=1S/C43H47NO3/c1-30-9-8-23-42(2)40(22-24-43(42,47)29-44-27-35-12-6-7-13-36(35)28-44)38-21-15-31(25-37(45)20-14-30)26-39(38)41(46)34-18-16-33(17-19-34)32-10-4-3-5-11-32/h3-7,9-13,15-19,21,26,37,40,45,47H,8,14,20,22-25,27-29H2,1-2H3. The predicted octanol–water partition coefficient (Wildman–Crippen LogP) is 8.64. The lowest BCUT2D eigenvalue weighted by molar-refractivity contribution is -0.0845. The Balaban J connectivity index is 1.26. The monoisotopic (exact) mass is 625 g/mol. The third kappa shape index (κ3) is 6.27. The Bertz CT molecular complexity index is 1750. The molecule has 1 aliphatic heterocycles. The lowest BCUT2D eigenvalue weighted by atomic mass is 9.64.